The fourth-order valence-corrected chi connectivity index (χ4v) is 5.53. The van der Waals surface area contributed by atoms with Crippen molar-refractivity contribution in [1.82, 2.24) is 0 Å². The van der Waals surface area contributed by atoms with Gasteiger partial charge in [0, 0.05) is 42.6 Å². The van der Waals surface area contributed by atoms with Crippen LogP contribution in [0.4, 0.5) is 17.1 Å². The van der Waals surface area contributed by atoms with Crippen molar-refractivity contribution < 1.29 is 18.3 Å². The average Bonchev–Trinajstić information content (AvgIpc) is 2.81. The molecule has 0 saturated carbocycles. The van der Waals surface area contributed by atoms with Gasteiger partial charge in [-0.25, -0.2) is 13.2 Å². The van der Waals surface area contributed by atoms with Crippen molar-refractivity contribution in [1.29, 1.82) is 0 Å². The molecule has 33 heavy (non-hydrogen) atoms. The highest BCUT2D eigenvalue weighted by Crippen LogP contribution is 2.29. The molecule has 1 aliphatic rings. The molecule has 1 fully saturated rings. The van der Waals surface area contributed by atoms with Crippen LogP contribution in [-0.2, 0) is 10.0 Å². The van der Waals surface area contributed by atoms with Crippen molar-refractivity contribution in [2.24, 2.45) is 0 Å². The molecule has 3 aromatic carbocycles. The van der Waals surface area contributed by atoms with Gasteiger partial charge in [-0.15, -0.1) is 0 Å². The predicted molar refractivity (Wildman–Crippen MR) is 131 cm³/mol. The van der Waals surface area contributed by atoms with Crippen LogP contribution in [0.3, 0.4) is 0 Å². The molecule has 9 heteroatoms. The van der Waals surface area contributed by atoms with E-state index in [1.807, 2.05) is 23.1 Å². The number of carbonyl (C=O) groups is 1. The van der Waals surface area contributed by atoms with Gasteiger partial charge in [0.25, 0.3) is 10.0 Å². The number of hydrogen-bond acceptors (Lipinski definition) is 5. The second kappa shape index (κ2) is 9.33. The van der Waals surface area contributed by atoms with Crippen LogP contribution in [0.25, 0.3) is 0 Å². The highest BCUT2D eigenvalue weighted by atomic mass is 35.5. The lowest BCUT2D eigenvalue weighted by molar-refractivity contribution is 0.0697. The Bertz CT molecular complexity index is 1270. The molecule has 172 valence electrons. The number of aromatic carboxylic acids is 1. The number of nitrogens with zero attached hydrogens (tertiary/aromatic N) is 2. The standard InChI is InChI=1S/C24H24ClN3O4S/c1-17-21(25)8-5-9-23(17)33(31,32)26-18-10-11-22(20(16-18)24(29)30)28-14-12-27(13-15-28)19-6-3-2-4-7-19/h2-11,16,26H,12-15H2,1H3,(H,29,30). The van der Waals surface area contributed by atoms with Gasteiger partial charge in [-0.3, -0.25) is 4.72 Å². The van der Waals surface area contributed by atoms with Crippen molar-refractivity contribution in [3.63, 3.8) is 0 Å². The van der Waals surface area contributed by atoms with Crippen molar-refractivity contribution in [3.8, 4) is 0 Å². The zero-order valence-corrected chi connectivity index (χ0v) is 19.6. The van der Waals surface area contributed by atoms with E-state index in [-0.39, 0.29) is 16.1 Å². The largest absolute Gasteiger partial charge is 0.478 e. The maximum atomic E-state index is 12.9. The van der Waals surface area contributed by atoms with E-state index in [2.05, 4.69) is 21.8 Å². The van der Waals surface area contributed by atoms with Crippen LogP contribution in [-0.4, -0.2) is 45.7 Å². The van der Waals surface area contributed by atoms with E-state index >= 15 is 0 Å². The van der Waals surface area contributed by atoms with Crippen LogP contribution < -0.4 is 14.5 Å². The van der Waals surface area contributed by atoms with Crippen LogP contribution in [0, 0.1) is 6.92 Å². The molecule has 0 amide bonds. The van der Waals surface area contributed by atoms with Gasteiger partial charge in [0.1, 0.15) is 0 Å². The summed E-state index contributed by atoms with van der Waals surface area (Å²) in [7, 11) is -3.93. The molecule has 0 aliphatic carbocycles. The van der Waals surface area contributed by atoms with Crippen molar-refractivity contribution in [3.05, 3.63) is 82.9 Å². The molecule has 0 bridgehead atoms. The minimum absolute atomic E-state index is 0.0474. The number of carboxylic acid groups (broad SMARTS) is 1. The highest BCUT2D eigenvalue weighted by molar-refractivity contribution is 7.92. The van der Waals surface area contributed by atoms with Gasteiger partial charge >= 0.3 is 5.97 Å². The molecule has 7 nitrogen and oxygen atoms in total. The van der Waals surface area contributed by atoms with E-state index in [0.29, 0.717) is 29.4 Å². The van der Waals surface area contributed by atoms with Gasteiger partial charge in [-0.1, -0.05) is 35.9 Å². The summed E-state index contributed by atoms with van der Waals surface area (Å²) < 4.78 is 28.2. The first-order valence-corrected chi connectivity index (χ1v) is 12.3. The Labute approximate surface area is 198 Å². The smallest absolute Gasteiger partial charge is 0.337 e. The van der Waals surface area contributed by atoms with E-state index in [1.54, 1.807) is 31.2 Å². The fourth-order valence-electron chi connectivity index (χ4n) is 3.98. The van der Waals surface area contributed by atoms with E-state index in [1.165, 1.54) is 12.1 Å². The molecular formula is C24H24ClN3O4S. The number of anilines is 3. The molecule has 2 N–H and O–H groups in total. The number of benzene rings is 3. The van der Waals surface area contributed by atoms with Gasteiger partial charge in [-0.2, -0.15) is 0 Å². The summed E-state index contributed by atoms with van der Waals surface area (Å²) in [6, 6.07) is 19.3. The number of hydrogen-bond donors (Lipinski definition) is 2. The number of nitrogens with one attached hydrogen (secondary N) is 1. The zero-order valence-electron chi connectivity index (χ0n) is 18.0. The Kier molecular flexibility index (Phi) is 6.49. The topological polar surface area (TPSA) is 90.0 Å². The van der Waals surface area contributed by atoms with Crippen molar-refractivity contribution >= 4 is 44.7 Å². The first-order chi connectivity index (χ1) is 15.8. The number of carboxylic acids is 1. The Balaban J connectivity index is 1.55. The van der Waals surface area contributed by atoms with Crippen LogP contribution >= 0.6 is 11.6 Å². The molecule has 0 atom stereocenters. The number of sulfonamides is 1. The molecule has 1 saturated heterocycles. The van der Waals surface area contributed by atoms with E-state index in [0.717, 1.165) is 18.8 Å². The maximum Gasteiger partial charge on any atom is 0.337 e. The second-order valence-corrected chi connectivity index (χ2v) is 9.87. The fraction of sp³-hybridized carbons (Fsp3) is 0.208. The molecular weight excluding hydrogens is 462 g/mol. The van der Waals surface area contributed by atoms with Gasteiger partial charge in [-0.05, 0) is 55.0 Å². The van der Waals surface area contributed by atoms with Crippen LogP contribution in [0.1, 0.15) is 15.9 Å². The predicted octanol–water partition coefficient (Wildman–Crippen LogP) is 4.47. The third-order valence-electron chi connectivity index (χ3n) is 5.73. The molecule has 3 aromatic rings. The molecule has 1 heterocycles. The first-order valence-electron chi connectivity index (χ1n) is 10.5. The van der Waals surface area contributed by atoms with Gasteiger partial charge < -0.3 is 14.9 Å². The van der Waals surface area contributed by atoms with Crippen molar-refractivity contribution in [2.45, 2.75) is 11.8 Å². The molecule has 0 aromatic heterocycles. The van der Waals surface area contributed by atoms with Gasteiger partial charge in [0.2, 0.25) is 0 Å². The van der Waals surface area contributed by atoms with Crippen LogP contribution in [0.15, 0.2) is 71.6 Å². The second-order valence-electron chi connectivity index (χ2n) is 7.82. The highest BCUT2D eigenvalue weighted by Gasteiger charge is 2.24. The van der Waals surface area contributed by atoms with Gasteiger partial charge in [0.15, 0.2) is 0 Å². The lowest BCUT2D eigenvalue weighted by Crippen LogP contribution is -2.47. The van der Waals surface area contributed by atoms with E-state index < -0.39 is 16.0 Å². The summed E-state index contributed by atoms with van der Waals surface area (Å²) in [5.74, 6) is -1.12. The lowest BCUT2D eigenvalue weighted by atomic mass is 10.1. The Hall–Kier alpha value is -3.23. The average molecular weight is 486 g/mol. The van der Waals surface area contributed by atoms with Crippen molar-refractivity contribution in [2.75, 3.05) is 40.7 Å². The third kappa shape index (κ3) is 4.91. The Morgan fingerprint density at radius 3 is 2.27 bits per heavy atom. The summed E-state index contributed by atoms with van der Waals surface area (Å²) in [4.78, 5) is 16.3. The monoisotopic (exact) mass is 485 g/mol. The normalized spacial score (nSPS) is 14.2. The summed E-state index contributed by atoms with van der Waals surface area (Å²) >= 11 is 6.07. The lowest BCUT2D eigenvalue weighted by Gasteiger charge is -2.38. The first kappa shape index (κ1) is 22.9. The SMILES string of the molecule is Cc1c(Cl)cccc1S(=O)(=O)Nc1ccc(N2CCN(c3ccccc3)CC2)c(C(=O)O)c1. The Morgan fingerprint density at radius 2 is 1.61 bits per heavy atom. The number of piperazine rings is 1. The van der Waals surface area contributed by atoms with Crippen LogP contribution in [0.5, 0.6) is 0 Å². The summed E-state index contributed by atoms with van der Waals surface area (Å²) in [5.41, 5.74) is 2.36. The Morgan fingerprint density at radius 1 is 0.939 bits per heavy atom. The molecule has 0 unspecified atom stereocenters. The summed E-state index contributed by atoms with van der Waals surface area (Å²) in [6.07, 6.45) is 0. The zero-order chi connectivity index (χ0) is 23.6. The van der Waals surface area contributed by atoms with E-state index in [9.17, 15) is 18.3 Å². The quantitative estimate of drug-likeness (QED) is 0.535. The number of para-hydroxylation sites is 1. The third-order valence-corrected chi connectivity index (χ3v) is 7.66. The molecule has 0 radical (unpaired) electrons. The summed E-state index contributed by atoms with van der Waals surface area (Å²) in [6.45, 7) is 4.44. The van der Waals surface area contributed by atoms with Crippen LogP contribution in [0.2, 0.25) is 5.02 Å². The summed E-state index contributed by atoms with van der Waals surface area (Å²) in [5, 5.41) is 10.2. The minimum Gasteiger partial charge on any atom is -0.478 e. The molecule has 1 aliphatic heterocycles. The minimum atomic E-state index is -3.93. The maximum absolute atomic E-state index is 12.9. The number of rotatable bonds is 6. The molecule has 4 rings (SSSR count). The number of halogens is 1. The van der Waals surface area contributed by atoms with E-state index in [4.69, 9.17) is 11.6 Å². The molecule has 0 spiro atoms. The van der Waals surface area contributed by atoms with Gasteiger partial charge in [0.05, 0.1) is 16.1 Å².